The first-order chi connectivity index (χ1) is 10.9. The van der Waals surface area contributed by atoms with E-state index in [2.05, 4.69) is 5.32 Å². The van der Waals surface area contributed by atoms with Gasteiger partial charge >= 0.3 is 5.62 Å². The maximum Gasteiger partial charge on any atom is 0.333 e. The monoisotopic (exact) mass is 334 g/mol. The molecule has 2 aromatic carbocycles. The molecule has 119 valence electrons. The van der Waals surface area contributed by atoms with Gasteiger partial charge in [0.25, 0.3) is 5.91 Å². The number of hydrogen-bond donors (Lipinski definition) is 1. The van der Waals surface area contributed by atoms with Crippen molar-refractivity contribution in [1.82, 2.24) is 5.32 Å². The van der Waals surface area contributed by atoms with Gasteiger partial charge in [-0.2, -0.15) is 0 Å². The van der Waals surface area contributed by atoms with Gasteiger partial charge < -0.3 is 5.32 Å². The van der Waals surface area contributed by atoms with Gasteiger partial charge in [0, 0.05) is 12.1 Å². The number of amides is 1. The molecule has 5 nitrogen and oxygen atoms in total. The van der Waals surface area contributed by atoms with Gasteiger partial charge in [0.05, 0.1) is 4.90 Å². The lowest BCUT2D eigenvalue weighted by atomic mass is 10.1. The summed E-state index contributed by atoms with van der Waals surface area (Å²) in [6.07, 6.45) is 0.226. The van der Waals surface area contributed by atoms with Gasteiger partial charge in [-0.3, -0.25) is 9.59 Å². The number of halogens is 1. The Morgan fingerprint density at radius 1 is 1.09 bits per heavy atom. The van der Waals surface area contributed by atoms with Crippen LogP contribution in [0.3, 0.4) is 0 Å². The molecule has 0 spiro atoms. The van der Waals surface area contributed by atoms with Crippen molar-refractivity contribution >= 4 is 21.4 Å². The van der Waals surface area contributed by atoms with Crippen molar-refractivity contribution in [2.45, 2.75) is 11.3 Å². The first-order valence-electron chi connectivity index (χ1n) is 6.69. The predicted molar refractivity (Wildman–Crippen MR) is 81.8 cm³/mol. The standard InChI is InChI=1S/C16H13FNO4S/c17-14-7-5-13(6-8-14)16(20)18-10-9-12-3-1-2-4-15(12)23(21,22)11-19/h1-8H,9-10H2,(H,18,20). The van der Waals surface area contributed by atoms with E-state index in [4.69, 9.17) is 0 Å². The topological polar surface area (TPSA) is 80.3 Å². The minimum Gasteiger partial charge on any atom is -0.352 e. The lowest BCUT2D eigenvalue weighted by molar-refractivity contribution is 0.0954. The summed E-state index contributed by atoms with van der Waals surface area (Å²) in [5, 5.41) is 2.61. The van der Waals surface area contributed by atoms with Crippen molar-refractivity contribution in [3.63, 3.8) is 0 Å². The molecule has 0 aliphatic carbocycles. The normalized spacial score (nSPS) is 11.0. The molecule has 0 heterocycles. The van der Waals surface area contributed by atoms with Gasteiger partial charge in [0.15, 0.2) is 0 Å². The fourth-order valence-electron chi connectivity index (χ4n) is 2.03. The van der Waals surface area contributed by atoms with Gasteiger partial charge in [-0.25, -0.2) is 12.8 Å². The molecule has 23 heavy (non-hydrogen) atoms. The van der Waals surface area contributed by atoms with Crippen LogP contribution >= 0.6 is 0 Å². The van der Waals surface area contributed by atoms with E-state index < -0.39 is 21.6 Å². The van der Waals surface area contributed by atoms with Crippen molar-refractivity contribution < 1.29 is 22.4 Å². The number of rotatable bonds is 6. The number of hydrogen-bond acceptors (Lipinski definition) is 4. The highest BCUT2D eigenvalue weighted by Gasteiger charge is 2.18. The highest BCUT2D eigenvalue weighted by Crippen LogP contribution is 2.15. The Bertz CT molecular complexity index is 816. The number of carbonyl (C=O) groups excluding carboxylic acids is 2. The fraction of sp³-hybridized carbons (Fsp3) is 0.125. The van der Waals surface area contributed by atoms with Crippen LogP contribution in [0.2, 0.25) is 0 Å². The van der Waals surface area contributed by atoms with E-state index in [1.807, 2.05) is 0 Å². The van der Waals surface area contributed by atoms with E-state index >= 15 is 0 Å². The molecule has 1 N–H and O–H groups in total. The number of carbonyl (C=O) groups is 1. The third-order valence-electron chi connectivity index (χ3n) is 3.16. The summed E-state index contributed by atoms with van der Waals surface area (Å²) in [6, 6.07) is 11.1. The number of nitrogens with one attached hydrogen (secondary N) is 1. The summed E-state index contributed by atoms with van der Waals surface area (Å²) < 4.78 is 36.0. The summed E-state index contributed by atoms with van der Waals surface area (Å²) in [5.74, 6) is -0.835. The summed E-state index contributed by atoms with van der Waals surface area (Å²) >= 11 is 0. The molecule has 0 unspecified atom stereocenters. The summed E-state index contributed by atoms with van der Waals surface area (Å²) in [7, 11) is -4.10. The van der Waals surface area contributed by atoms with Crippen LogP contribution in [0.4, 0.5) is 4.39 Å². The van der Waals surface area contributed by atoms with E-state index in [-0.39, 0.29) is 17.9 Å². The Morgan fingerprint density at radius 3 is 2.39 bits per heavy atom. The number of benzene rings is 2. The van der Waals surface area contributed by atoms with Crippen molar-refractivity contribution in [2.75, 3.05) is 6.54 Å². The molecule has 7 heteroatoms. The fourth-order valence-corrected chi connectivity index (χ4v) is 2.89. The molecule has 2 rings (SSSR count). The van der Waals surface area contributed by atoms with Crippen LogP contribution in [0.1, 0.15) is 15.9 Å². The third kappa shape index (κ3) is 4.23. The van der Waals surface area contributed by atoms with Crippen LogP contribution in [0.25, 0.3) is 0 Å². The molecule has 0 aromatic heterocycles. The van der Waals surface area contributed by atoms with Crippen LogP contribution in [-0.2, 0) is 21.1 Å². The maximum atomic E-state index is 12.8. The second kappa shape index (κ2) is 7.15. The van der Waals surface area contributed by atoms with Crippen LogP contribution in [0.5, 0.6) is 0 Å². The van der Waals surface area contributed by atoms with E-state index in [0.29, 0.717) is 11.1 Å². The number of sulfone groups is 1. The summed E-state index contributed by atoms with van der Waals surface area (Å²) in [6.45, 7) is 0.168. The van der Waals surface area contributed by atoms with Gasteiger partial charge in [-0.15, -0.1) is 0 Å². The Kier molecular flexibility index (Phi) is 5.23. The first-order valence-corrected chi connectivity index (χ1v) is 8.18. The maximum absolute atomic E-state index is 12.8. The van der Waals surface area contributed by atoms with Gasteiger partial charge in [0.2, 0.25) is 9.84 Å². The quantitative estimate of drug-likeness (QED) is 0.871. The van der Waals surface area contributed by atoms with Crippen molar-refractivity contribution in [1.29, 1.82) is 0 Å². The predicted octanol–water partition coefficient (Wildman–Crippen LogP) is 1.64. The average molecular weight is 334 g/mol. The molecular formula is C16H13FNO4S. The lowest BCUT2D eigenvalue weighted by Crippen LogP contribution is -2.26. The SMILES string of the molecule is O=[C]S(=O)(=O)c1ccccc1CCNC(=O)c1ccc(F)cc1. The average Bonchev–Trinajstić information content (AvgIpc) is 2.55. The van der Waals surface area contributed by atoms with Gasteiger partial charge in [0.1, 0.15) is 5.82 Å². The van der Waals surface area contributed by atoms with Gasteiger partial charge in [-0.1, -0.05) is 18.2 Å². The lowest BCUT2D eigenvalue weighted by Gasteiger charge is -2.08. The molecule has 0 fully saturated rings. The van der Waals surface area contributed by atoms with Crippen LogP contribution in [0.15, 0.2) is 53.4 Å². The molecule has 0 aliphatic heterocycles. The molecule has 0 aliphatic rings. The van der Waals surface area contributed by atoms with Crippen LogP contribution < -0.4 is 5.32 Å². The highest BCUT2D eigenvalue weighted by molar-refractivity contribution is 8.04. The molecule has 0 bridgehead atoms. The molecule has 1 amide bonds. The Balaban J connectivity index is 2.03. The second-order valence-electron chi connectivity index (χ2n) is 4.71. The zero-order valence-electron chi connectivity index (χ0n) is 12.0. The zero-order chi connectivity index (χ0) is 16.9. The minimum atomic E-state index is -4.10. The molecule has 0 atom stereocenters. The highest BCUT2D eigenvalue weighted by atomic mass is 32.2. The second-order valence-corrected chi connectivity index (χ2v) is 6.32. The third-order valence-corrected chi connectivity index (χ3v) is 4.35. The van der Waals surface area contributed by atoms with Crippen LogP contribution in [-0.4, -0.2) is 26.5 Å². The summed E-state index contributed by atoms with van der Waals surface area (Å²) in [5.41, 5.74) is 1.74. The first kappa shape index (κ1) is 16.8. The van der Waals surface area contributed by atoms with Crippen molar-refractivity contribution in [3.8, 4) is 0 Å². The minimum absolute atomic E-state index is 0.119. The molecule has 2 aromatic rings. The molecule has 0 saturated heterocycles. The smallest absolute Gasteiger partial charge is 0.333 e. The summed E-state index contributed by atoms with van der Waals surface area (Å²) in [4.78, 5) is 22.3. The van der Waals surface area contributed by atoms with E-state index in [9.17, 15) is 22.4 Å². The van der Waals surface area contributed by atoms with Gasteiger partial charge in [-0.05, 0) is 42.3 Å². The van der Waals surface area contributed by atoms with Crippen LogP contribution in [0, 0.1) is 5.82 Å². The Hall–Kier alpha value is -2.54. The zero-order valence-corrected chi connectivity index (χ0v) is 12.8. The largest absolute Gasteiger partial charge is 0.352 e. The Labute approximate surface area is 133 Å². The Morgan fingerprint density at radius 2 is 1.74 bits per heavy atom. The molecular weight excluding hydrogens is 321 g/mol. The van der Waals surface area contributed by atoms with E-state index in [0.717, 1.165) is 5.62 Å². The van der Waals surface area contributed by atoms with E-state index in [1.54, 1.807) is 12.1 Å². The van der Waals surface area contributed by atoms with Crippen molar-refractivity contribution in [3.05, 3.63) is 65.5 Å². The molecule has 0 saturated carbocycles. The van der Waals surface area contributed by atoms with E-state index in [1.165, 1.54) is 36.4 Å². The van der Waals surface area contributed by atoms with Crippen molar-refractivity contribution in [2.24, 2.45) is 0 Å². The molecule has 1 radical (unpaired) electrons.